The van der Waals surface area contributed by atoms with E-state index < -0.39 is 0 Å². The lowest BCUT2D eigenvalue weighted by atomic mass is 10.1. The molecule has 0 aromatic heterocycles. The highest BCUT2D eigenvalue weighted by Crippen LogP contribution is 2.22. The Hall–Kier alpha value is -1.06. The summed E-state index contributed by atoms with van der Waals surface area (Å²) in [5.74, 6) is 0.916. The highest BCUT2D eigenvalue weighted by molar-refractivity contribution is 5.29. The van der Waals surface area contributed by atoms with Crippen molar-refractivity contribution < 1.29 is 9.47 Å². The van der Waals surface area contributed by atoms with E-state index in [1.54, 1.807) is 0 Å². The van der Waals surface area contributed by atoms with Crippen molar-refractivity contribution in [3.05, 3.63) is 29.8 Å². The van der Waals surface area contributed by atoms with Crippen molar-refractivity contribution in [2.24, 2.45) is 0 Å². The molecule has 2 rings (SSSR count). The maximum atomic E-state index is 5.58. The number of rotatable bonds is 3. The van der Waals surface area contributed by atoms with Gasteiger partial charge in [0.1, 0.15) is 5.75 Å². The normalized spacial score (nSPS) is 20.9. The highest BCUT2D eigenvalue weighted by atomic mass is 16.5. The zero-order valence-electron chi connectivity index (χ0n) is 9.19. The molecule has 82 valence electrons. The van der Waals surface area contributed by atoms with E-state index in [9.17, 15) is 0 Å². The second-order valence-corrected chi connectivity index (χ2v) is 3.99. The van der Waals surface area contributed by atoms with Crippen LogP contribution in [0, 0.1) is 0 Å². The summed E-state index contributed by atoms with van der Waals surface area (Å²) in [5, 5.41) is 3.16. The molecule has 1 aromatic carbocycles. The molecule has 0 saturated carbocycles. The first-order chi connectivity index (χ1) is 7.25. The van der Waals surface area contributed by atoms with Gasteiger partial charge in [-0.25, -0.2) is 0 Å². The van der Waals surface area contributed by atoms with Crippen LogP contribution in [0.4, 0.5) is 0 Å². The van der Waals surface area contributed by atoms with Crippen molar-refractivity contribution in [2.75, 3.05) is 13.3 Å². The van der Waals surface area contributed by atoms with Gasteiger partial charge in [-0.15, -0.1) is 0 Å². The average molecular weight is 207 g/mol. The van der Waals surface area contributed by atoms with Crippen LogP contribution >= 0.6 is 0 Å². The first-order valence-electron chi connectivity index (χ1n) is 5.34. The zero-order valence-corrected chi connectivity index (χ0v) is 9.19. The van der Waals surface area contributed by atoms with E-state index >= 15 is 0 Å². The molecule has 1 saturated heterocycles. The number of nitrogens with one attached hydrogen (secondary N) is 1. The van der Waals surface area contributed by atoms with Crippen LogP contribution in [0.5, 0.6) is 5.75 Å². The van der Waals surface area contributed by atoms with E-state index in [2.05, 4.69) is 17.4 Å². The van der Waals surface area contributed by atoms with E-state index in [0.29, 0.717) is 6.73 Å². The molecule has 0 amide bonds. The Morgan fingerprint density at radius 1 is 1.33 bits per heavy atom. The van der Waals surface area contributed by atoms with Crippen LogP contribution in [0.2, 0.25) is 0 Å². The minimum absolute atomic E-state index is 0.193. The summed E-state index contributed by atoms with van der Waals surface area (Å²) in [5.41, 5.74) is 1.20. The van der Waals surface area contributed by atoms with Gasteiger partial charge in [-0.05, 0) is 31.5 Å². The Morgan fingerprint density at radius 3 is 2.60 bits per heavy atom. The summed E-state index contributed by atoms with van der Waals surface area (Å²) in [6.45, 7) is 5.59. The molecule has 3 nitrogen and oxygen atoms in total. The zero-order chi connectivity index (χ0) is 10.7. The fourth-order valence-electron chi connectivity index (χ4n) is 1.66. The molecule has 1 heterocycles. The first kappa shape index (κ1) is 10.5. The summed E-state index contributed by atoms with van der Waals surface area (Å²) < 4.78 is 11.1. The summed E-state index contributed by atoms with van der Waals surface area (Å²) in [7, 11) is 0. The van der Waals surface area contributed by atoms with Crippen molar-refractivity contribution in [3.8, 4) is 5.75 Å². The lowest BCUT2D eigenvalue weighted by molar-refractivity contribution is 0.114. The molecule has 0 spiro atoms. The molecular weight excluding hydrogens is 190 g/mol. The lowest BCUT2D eigenvalue weighted by Gasteiger charge is -2.12. The van der Waals surface area contributed by atoms with Crippen LogP contribution in [-0.2, 0) is 4.74 Å². The molecule has 1 N–H and O–H groups in total. The second kappa shape index (κ2) is 4.64. The number of hydrogen-bond acceptors (Lipinski definition) is 3. The van der Waals surface area contributed by atoms with Crippen LogP contribution in [0.15, 0.2) is 24.3 Å². The largest absolute Gasteiger partial charge is 0.491 e. The third-order valence-corrected chi connectivity index (χ3v) is 2.34. The van der Waals surface area contributed by atoms with Gasteiger partial charge in [0.15, 0.2) is 0 Å². The monoisotopic (exact) mass is 207 g/mol. The van der Waals surface area contributed by atoms with Gasteiger partial charge in [0, 0.05) is 6.54 Å². The maximum absolute atomic E-state index is 5.58. The third-order valence-electron chi connectivity index (χ3n) is 2.34. The minimum Gasteiger partial charge on any atom is -0.491 e. The van der Waals surface area contributed by atoms with Gasteiger partial charge in [-0.1, -0.05) is 12.1 Å². The van der Waals surface area contributed by atoms with Gasteiger partial charge in [-0.2, -0.15) is 0 Å². The van der Waals surface area contributed by atoms with Crippen LogP contribution in [0.1, 0.15) is 25.5 Å². The van der Waals surface area contributed by atoms with Gasteiger partial charge < -0.3 is 9.47 Å². The number of ether oxygens (including phenoxy) is 2. The third kappa shape index (κ3) is 2.70. The van der Waals surface area contributed by atoms with Crippen LogP contribution in [-0.4, -0.2) is 19.4 Å². The topological polar surface area (TPSA) is 30.5 Å². The number of hydrogen-bond donors (Lipinski definition) is 1. The Bertz CT molecular complexity index is 302. The lowest BCUT2D eigenvalue weighted by Crippen LogP contribution is -2.08. The van der Waals surface area contributed by atoms with Gasteiger partial charge in [0.2, 0.25) is 0 Å². The smallest absolute Gasteiger partial charge is 0.119 e. The first-order valence-corrected chi connectivity index (χ1v) is 5.34. The van der Waals surface area contributed by atoms with Gasteiger partial charge >= 0.3 is 0 Å². The average Bonchev–Trinajstić information content (AvgIpc) is 2.71. The molecule has 1 atom stereocenters. The Balaban J connectivity index is 2.03. The second-order valence-electron chi connectivity index (χ2n) is 3.99. The minimum atomic E-state index is 0.193. The van der Waals surface area contributed by atoms with Crippen molar-refractivity contribution in [3.63, 3.8) is 0 Å². The van der Waals surface area contributed by atoms with Crippen molar-refractivity contribution >= 4 is 0 Å². The fourth-order valence-corrected chi connectivity index (χ4v) is 1.66. The van der Waals surface area contributed by atoms with Crippen molar-refractivity contribution in [2.45, 2.75) is 26.1 Å². The molecule has 1 unspecified atom stereocenters. The van der Waals surface area contributed by atoms with Crippen molar-refractivity contribution in [1.29, 1.82) is 0 Å². The molecule has 0 bridgehead atoms. The van der Waals surface area contributed by atoms with Gasteiger partial charge in [-0.3, -0.25) is 5.32 Å². The summed E-state index contributed by atoms with van der Waals surface area (Å²) in [6, 6.07) is 8.12. The molecule has 1 aliphatic heterocycles. The molecule has 3 heteroatoms. The van der Waals surface area contributed by atoms with Crippen LogP contribution < -0.4 is 10.1 Å². The van der Waals surface area contributed by atoms with Gasteiger partial charge in [0.05, 0.1) is 18.9 Å². The summed E-state index contributed by atoms with van der Waals surface area (Å²) >= 11 is 0. The molecule has 1 fully saturated rings. The Labute approximate surface area is 90.4 Å². The summed E-state index contributed by atoms with van der Waals surface area (Å²) in [6.07, 6.45) is 0.415. The molecule has 1 aromatic rings. The predicted molar refractivity (Wildman–Crippen MR) is 58.9 cm³/mol. The molecule has 1 aliphatic rings. The van der Waals surface area contributed by atoms with E-state index in [-0.39, 0.29) is 12.2 Å². The fraction of sp³-hybridized carbons (Fsp3) is 0.500. The Morgan fingerprint density at radius 2 is 2.07 bits per heavy atom. The van der Waals surface area contributed by atoms with Crippen LogP contribution in [0.3, 0.4) is 0 Å². The number of benzene rings is 1. The molecule has 0 radical (unpaired) electrons. The SMILES string of the molecule is CC(C)Oc1ccc(C2CNCO2)cc1. The van der Waals surface area contributed by atoms with Crippen LogP contribution in [0.25, 0.3) is 0 Å². The predicted octanol–water partition coefficient (Wildman–Crippen LogP) is 2.09. The van der Waals surface area contributed by atoms with Crippen molar-refractivity contribution in [1.82, 2.24) is 5.32 Å². The quantitative estimate of drug-likeness (QED) is 0.823. The molecule has 0 aliphatic carbocycles. The maximum Gasteiger partial charge on any atom is 0.119 e. The van der Waals surface area contributed by atoms with E-state index in [0.717, 1.165) is 12.3 Å². The standard InChI is InChI=1S/C12H17NO2/c1-9(2)15-11-5-3-10(4-6-11)12-7-13-8-14-12/h3-6,9,12-13H,7-8H2,1-2H3. The van der Waals surface area contributed by atoms with E-state index in [1.165, 1.54) is 5.56 Å². The van der Waals surface area contributed by atoms with E-state index in [1.807, 2.05) is 26.0 Å². The summed E-state index contributed by atoms with van der Waals surface area (Å²) in [4.78, 5) is 0. The molecule has 15 heavy (non-hydrogen) atoms. The van der Waals surface area contributed by atoms with E-state index in [4.69, 9.17) is 9.47 Å². The Kier molecular flexibility index (Phi) is 3.23. The van der Waals surface area contributed by atoms with Gasteiger partial charge in [0.25, 0.3) is 0 Å². The highest BCUT2D eigenvalue weighted by Gasteiger charge is 2.16. The molecular formula is C12H17NO2.